The number of ether oxygens (including phenoxy) is 1. The third-order valence-corrected chi connectivity index (χ3v) is 4.67. The third kappa shape index (κ3) is 3.57. The van der Waals surface area contributed by atoms with Gasteiger partial charge in [-0.3, -0.25) is 0 Å². The van der Waals surface area contributed by atoms with Crippen LogP contribution < -0.4 is 10.5 Å². The average Bonchev–Trinajstić information content (AvgIpc) is 2.75. The minimum Gasteiger partial charge on any atom is -0.487 e. The molecule has 0 bridgehead atoms. The van der Waals surface area contributed by atoms with Crippen molar-refractivity contribution in [3.8, 4) is 5.75 Å². The summed E-state index contributed by atoms with van der Waals surface area (Å²) < 4.78 is 8.00. The molecule has 0 fully saturated rings. The molecule has 0 aliphatic heterocycles. The Morgan fingerprint density at radius 2 is 2.00 bits per heavy atom. The van der Waals surface area contributed by atoms with Gasteiger partial charge in [-0.05, 0) is 68.6 Å². The zero-order valence-corrected chi connectivity index (χ0v) is 13.6. The fourth-order valence-corrected chi connectivity index (χ4v) is 3.56. The summed E-state index contributed by atoms with van der Waals surface area (Å²) in [6.07, 6.45) is 0.822. The van der Waals surface area contributed by atoms with E-state index in [4.69, 9.17) is 10.5 Å². The molecule has 0 unspecified atom stereocenters. The van der Waals surface area contributed by atoms with Crippen molar-refractivity contribution in [2.24, 2.45) is 5.73 Å². The van der Waals surface area contributed by atoms with Crippen LogP contribution in [0.4, 0.5) is 0 Å². The van der Waals surface area contributed by atoms with Crippen LogP contribution in [0.1, 0.15) is 10.4 Å². The number of para-hydroxylation sites is 1. The van der Waals surface area contributed by atoms with Gasteiger partial charge >= 0.3 is 0 Å². The number of thiophene rings is 1. The van der Waals surface area contributed by atoms with Gasteiger partial charge in [-0.2, -0.15) is 0 Å². The van der Waals surface area contributed by atoms with Crippen molar-refractivity contribution < 1.29 is 4.74 Å². The Morgan fingerprint density at radius 3 is 2.67 bits per heavy atom. The van der Waals surface area contributed by atoms with Gasteiger partial charge in [0, 0.05) is 4.88 Å². The summed E-state index contributed by atoms with van der Waals surface area (Å²) in [7, 11) is 0. The van der Waals surface area contributed by atoms with Crippen LogP contribution in [0.15, 0.2) is 38.6 Å². The van der Waals surface area contributed by atoms with Crippen molar-refractivity contribution in [2.75, 3.05) is 6.54 Å². The zero-order valence-electron chi connectivity index (χ0n) is 9.66. The van der Waals surface area contributed by atoms with Gasteiger partial charge in [0.2, 0.25) is 0 Å². The number of halogens is 2. The van der Waals surface area contributed by atoms with E-state index in [-0.39, 0.29) is 0 Å². The maximum absolute atomic E-state index is 5.91. The molecule has 2 rings (SSSR count). The van der Waals surface area contributed by atoms with Crippen molar-refractivity contribution in [3.05, 3.63) is 49.0 Å². The van der Waals surface area contributed by atoms with E-state index in [1.54, 1.807) is 11.3 Å². The summed E-state index contributed by atoms with van der Waals surface area (Å²) in [6.45, 7) is 1.20. The lowest BCUT2D eigenvalue weighted by atomic mass is 10.1. The summed E-state index contributed by atoms with van der Waals surface area (Å²) in [4.78, 5) is 1.19. The van der Waals surface area contributed by atoms with Crippen molar-refractivity contribution in [2.45, 2.75) is 13.0 Å². The van der Waals surface area contributed by atoms with Gasteiger partial charge in [0.1, 0.15) is 12.4 Å². The van der Waals surface area contributed by atoms with E-state index in [0.717, 1.165) is 26.0 Å². The molecular formula is C13H13Br2NOS. The van der Waals surface area contributed by atoms with E-state index >= 15 is 0 Å². The molecule has 0 saturated carbocycles. The fraction of sp³-hybridized carbons (Fsp3) is 0.231. The molecule has 18 heavy (non-hydrogen) atoms. The minimum absolute atomic E-state index is 0.580. The average molecular weight is 391 g/mol. The maximum Gasteiger partial charge on any atom is 0.137 e. The summed E-state index contributed by atoms with van der Waals surface area (Å²) in [5, 5.41) is 0. The number of nitrogens with two attached hydrogens (primary N) is 1. The Hall–Kier alpha value is -0.360. The van der Waals surface area contributed by atoms with Gasteiger partial charge in [0.15, 0.2) is 0 Å². The Kier molecular flexibility index (Phi) is 5.24. The van der Waals surface area contributed by atoms with Crippen LogP contribution >= 0.6 is 43.2 Å². The van der Waals surface area contributed by atoms with E-state index in [1.807, 2.05) is 18.2 Å². The monoisotopic (exact) mass is 389 g/mol. The lowest BCUT2D eigenvalue weighted by Gasteiger charge is -2.12. The smallest absolute Gasteiger partial charge is 0.137 e. The molecule has 2 aromatic rings. The fourth-order valence-electron chi connectivity index (χ4n) is 1.64. The van der Waals surface area contributed by atoms with Gasteiger partial charge in [0.25, 0.3) is 0 Å². The van der Waals surface area contributed by atoms with Crippen molar-refractivity contribution >= 4 is 43.2 Å². The Morgan fingerprint density at radius 1 is 1.17 bits per heavy atom. The normalized spacial score (nSPS) is 10.6. The predicted octanol–water partition coefficient (Wildman–Crippen LogP) is 4.35. The van der Waals surface area contributed by atoms with Gasteiger partial charge in [-0.15, -0.1) is 11.3 Å². The Balaban J connectivity index is 2.12. The Bertz CT molecular complexity index is 527. The summed E-state index contributed by atoms with van der Waals surface area (Å²) in [6, 6.07) is 10.1. The molecule has 2 nitrogen and oxygen atoms in total. The first-order valence-electron chi connectivity index (χ1n) is 5.55. The molecule has 0 atom stereocenters. The SMILES string of the molecule is NCCc1cccc(Br)c1OCc1ccc(Br)s1. The van der Waals surface area contributed by atoms with Crippen molar-refractivity contribution in [3.63, 3.8) is 0 Å². The van der Waals surface area contributed by atoms with Crippen LogP contribution in [-0.2, 0) is 13.0 Å². The largest absolute Gasteiger partial charge is 0.487 e. The minimum atomic E-state index is 0.580. The second kappa shape index (κ2) is 6.70. The molecule has 1 heterocycles. The molecule has 0 aliphatic carbocycles. The highest BCUT2D eigenvalue weighted by Crippen LogP contribution is 2.31. The van der Waals surface area contributed by atoms with E-state index in [2.05, 4.69) is 44.0 Å². The molecular weight excluding hydrogens is 378 g/mol. The highest BCUT2D eigenvalue weighted by molar-refractivity contribution is 9.11. The maximum atomic E-state index is 5.91. The second-order valence-corrected chi connectivity index (χ2v) is 7.16. The standard InChI is InChI=1S/C13H13Br2NOS/c14-11-3-1-2-9(6-7-16)13(11)17-8-10-4-5-12(15)18-10/h1-5H,6-8,16H2. The lowest BCUT2D eigenvalue weighted by Crippen LogP contribution is -2.05. The lowest BCUT2D eigenvalue weighted by molar-refractivity contribution is 0.304. The van der Waals surface area contributed by atoms with Crippen LogP contribution in [0.3, 0.4) is 0 Å². The van der Waals surface area contributed by atoms with Gasteiger partial charge < -0.3 is 10.5 Å². The molecule has 0 saturated heterocycles. The molecule has 1 aromatic carbocycles. The highest BCUT2D eigenvalue weighted by atomic mass is 79.9. The molecule has 2 N–H and O–H groups in total. The topological polar surface area (TPSA) is 35.2 Å². The molecule has 1 aromatic heterocycles. The van der Waals surface area contributed by atoms with E-state index in [1.165, 1.54) is 4.88 Å². The van der Waals surface area contributed by atoms with Crippen LogP contribution in [0, 0.1) is 0 Å². The zero-order chi connectivity index (χ0) is 13.0. The molecule has 0 radical (unpaired) electrons. The number of hydrogen-bond donors (Lipinski definition) is 1. The second-order valence-electron chi connectivity index (χ2n) is 3.76. The first kappa shape index (κ1) is 14.1. The van der Waals surface area contributed by atoms with E-state index in [9.17, 15) is 0 Å². The van der Waals surface area contributed by atoms with Gasteiger partial charge in [-0.1, -0.05) is 12.1 Å². The number of rotatable bonds is 5. The van der Waals surface area contributed by atoms with Crippen molar-refractivity contribution in [1.29, 1.82) is 0 Å². The molecule has 96 valence electrons. The van der Waals surface area contributed by atoms with Crippen LogP contribution in [-0.4, -0.2) is 6.54 Å². The molecule has 0 aliphatic rings. The first-order chi connectivity index (χ1) is 8.70. The van der Waals surface area contributed by atoms with Gasteiger partial charge in [0.05, 0.1) is 8.26 Å². The third-order valence-electron chi connectivity index (χ3n) is 2.45. The highest BCUT2D eigenvalue weighted by Gasteiger charge is 2.08. The van der Waals surface area contributed by atoms with Crippen LogP contribution in [0.25, 0.3) is 0 Å². The molecule has 0 amide bonds. The quantitative estimate of drug-likeness (QED) is 0.823. The number of benzene rings is 1. The molecule has 5 heteroatoms. The summed E-state index contributed by atoms with van der Waals surface area (Å²) >= 11 is 8.66. The van der Waals surface area contributed by atoms with Crippen LogP contribution in [0.2, 0.25) is 0 Å². The first-order valence-corrected chi connectivity index (χ1v) is 7.95. The van der Waals surface area contributed by atoms with E-state index in [0.29, 0.717) is 13.2 Å². The Labute approximate surface area is 127 Å². The summed E-state index contributed by atoms with van der Waals surface area (Å²) in [5.74, 6) is 0.896. The van der Waals surface area contributed by atoms with Crippen LogP contribution in [0.5, 0.6) is 5.75 Å². The van der Waals surface area contributed by atoms with Gasteiger partial charge in [-0.25, -0.2) is 0 Å². The predicted molar refractivity (Wildman–Crippen MR) is 83.3 cm³/mol. The summed E-state index contributed by atoms with van der Waals surface area (Å²) in [5.41, 5.74) is 6.76. The number of hydrogen-bond acceptors (Lipinski definition) is 3. The van der Waals surface area contributed by atoms with Crippen molar-refractivity contribution in [1.82, 2.24) is 0 Å². The molecule has 0 spiro atoms. The van der Waals surface area contributed by atoms with E-state index < -0.39 is 0 Å².